The summed E-state index contributed by atoms with van der Waals surface area (Å²) in [4.78, 5) is 21.6. The molecule has 0 bridgehead atoms. The minimum atomic E-state index is -1.64. The number of amides is 2. The lowest BCUT2D eigenvalue weighted by Gasteiger charge is -2.09. The quantitative estimate of drug-likeness (QED) is 0.603. The number of aliphatic carboxylic acids is 1. The van der Waals surface area contributed by atoms with Crippen molar-refractivity contribution < 1.29 is 19.8 Å². The number of carbonyl (C=O) groups is 2. The number of nitriles is 1. The van der Waals surface area contributed by atoms with E-state index in [1.54, 1.807) is 0 Å². The summed E-state index contributed by atoms with van der Waals surface area (Å²) >= 11 is 0. The van der Waals surface area contributed by atoms with E-state index in [2.05, 4.69) is 10.6 Å². The molecule has 0 spiro atoms. The fourth-order valence-corrected chi connectivity index (χ4v) is 1.08. The Balaban J connectivity index is 2.45. The van der Waals surface area contributed by atoms with Crippen LogP contribution in [0.1, 0.15) is 5.56 Å². The third-order valence-electron chi connectivity index (χ3n) is 2.01. The Morgan fingerprint density at radius 1 is 1.33 bits per heavy atom. The van der Waals surface area contributed by atoms with Crippen LogP contribution in [0.5, 0.6) is 0 Å². The average molecular weight is 249 g/mol. The lowest BCUT2D eigenvalue weighted by molar-refractivity contribution is -0.146. The number of aliphatic hydroxyl groups is 1. The zero-order valence-corrected chi connectivity index (χ0v) is 9.25. The molecule has 7 nitrogen and oxygen atoms in total. The van der Waals surface area contributed by atoms with Gasteiger partial charge in [0.05, 0.1) is 18.2 Å². The summed E-state index contributed by atoms with van der Waals surface area (Å²) in [5, 5.41) is 30.5. The highest BCUT2D eigenvalue weighted by Crippen LogP contribution is 2.08. The molecular weight excluding hydrogens is 238 g/mol. The summed E-state index contributed by atoms with van der Waals surface area (Å²) in [5.41, 5.74) is 0.915. The highest BCUT2D eigenvalue weighted by Gasteiger charge is 2.13. The molecule has 0 aliphatic rings. The molecule has 0 saturated heterocycles. The molecule has 94 valence electrons. The zero-order valence-electron chi connectivity index (χ0n) is 9.25. The van der Waals surface area contributed by atoms with Crippen molar-refractivity contribution >= 4 is 17.7 Å². The van der Waals surface area contributed by atoms with E-state index in [4.69, 9.17) is 15.5 Å². The van der Waals surface area contributed by atoms with Crippen molar-refractivity contribution in [3.63, 3.8) is 0 Å². The van der Waals surface area contributed by atoms with Gasteiger partial charge in [-0.2, -0.15) is 5.26 Å². The zero-order chi connectivity index (χ0) is 13.5. The molecule has 18 heavy (non-hydrogen) atoms. The molecule has 0 saturated carbocycles. The number of nitrogens with zero attached hydrogens (tertiary/aromatic N) is 1. The van der Waals surface area contributed by atoms with Crippen LogP contribution in [0.4, 0.5) is 10.5 Å². The number of urea groups is 1. The van der Waals surface area contributed by atoms with Crippen LogP contribution < -0.4 is 10.6 Å². The Hall–Kier alpha value is -2.59. The van der Waals surface area contributed by atoms with E-state index in [0.717, 1.165) is 0 Å². The number of benzene rings is 1. The molecule has 0 heterocycles. The fraction of sp³-hybridized carbons (Fsp3) is 0.182. The summed E-state index contributed by atoms with van der Waals surface area (Å²) in [6.45, 7) is -0.391. The normalized spacial score (nSPS) is 11.1. The van der Waals surface area contributed by atoms with Gasteiger partial charge in [-0.1, -0.05) is 0 Å². The van der Waals surface area contributed by atoms with Crippen molar-refractivity contribution in [3.05, 3.63) is 29.8 Å². The second-order valence-corrected chi connectivity index (χ2v) is 3.38. The second kappa shape index (κ2) is 6.22. The van der Waals surface area contributed by atoms with E-state index in [9.17, 15) is 9.59 Å². The lowest BCUT2D eigenvalue weighted by Crippen LogP contribution is -2.38. The molecule has 7 heteroatoms. The van der Waals surface area contributed by atoms with Crippen LogP contribution >= 0.6 is 0 Å². The van der Waals surface area contributed by atoms with E-state index in [-0.39, 0.29) is 0 Å². The maximum atomic E-state index is 11.3. The Bertz CT molecular complexity index is 478. The number of hydrogen-bond acceptors (Lipinski definition) is 4. The molecule has 1 rings (SSSR count). The number of carbonyl (C=O) groups excluding carboxylic acids is 1. The van der Waals surface area contributed by atoms with Gasteiger partial charge in [0.2, 0.25) is 0 Å². The highest BCUT2D eigenvalue weighted by atomic mass is 16.4. The first-order chi connectivity index (χ1) is 8.52. The van der Waals surface area contributed by atoms with Crippen LogP contribution in [0.2, 0.25) is 0 Å². The summed E-state index contributed by atoms with van der Waals surface area (Å²) < 4.78 is 0. The van der Waals surface area contributed by atoms with Gasteiger partial charge in [0.15, 0.2) is 6.10 Å². The van der Waals surface area contributed by atoms with Crippen molar-refractivity contribution in [3.8, 4) is 6.07 Å². The number of rotatable bonds is 4. The van der Waals surface area contributed by atoms with Crippen molar-refractivity contribution in [1.82, 2.24) is 5.32 Å². The van der Waals surface area contributed by atoms with Gasteiger partial charge in [-0.3, -0.25) is 0 Å². The smallest absolute Gasteiger partial charge is 0.334 e. The minimum absolute atomic E-state index is 0.391. The first kappa shape index (κ1) is 13.5. The molecule has 0 radical (unpaired) electrons. The lowest BCUT2D eigenvalue weighted by atomic mass is 10.2. The maximum Gasteiger partial charge on any atom is 0.334 e. The SMILES string of the molecule is N#Cc1ccc(NC(=O)NC[C@H](O)C(=O)O)cc1. The van der Waals surface area contributed by atoms with Crippen LogP contribution in [-0.4, -0.2) is 34.9 Å². The maximum absolute atomic E-state index is 11.3. The van der Waals surface area contributed by atoms with E-state index < -0.39 is 24.6 Å². The van der Waals surface area contributed by atoms with Crippen LogP contribution in [0.25, 0.3) is 0 Å². The first-order valence-corrected chi connectivity index (χ1v) is 4.99. The monoisotopic (exact) mass is 249 g/mol. The molecule has 1 aromatic rings. The van der Waals surface area contributed by atoms with Gasteiger partial charge in [0, 0.05) is 5.69 Å². The van der Waals surface area contributed by atoms with E-state index in [0.29, 0.717) is 11.3 Å². The largest absolute Gasteiger partial charge is 0.479 e. The van der Waals surface area contributed by atoms with E-state index in [1.807, 2.05) is 6.07 Å². The predicted octanol–water partition coefficient (Wildman–Crippen LogP) is 0.125. The van der Waals surface area contributed by atoms with Crippen LogP contribution in [0.3, 0.4) is 0 Å². The summed E-state index contributed by atoms with van der Waals surface area (Å²) in [6.07, 6.45) is -1.64. The van der Waals surface area contributed by atoms with Gasteiger partial charge in [0.1, 0.15) is 0 Å². The predicted molar refractivity (Wildman–Crippen MR) is 61.8 cm³/mol. The fourth-order valence-electron chi connectivity index (χ4n) is 1.08. The number of carboxylic acids is 1. The van der Waals surface area contributed by atoms with Gasteiger partial charge in [0.25, 0.3) is 0 Å². The van der Waals surface area contributed by atoms with Crippen LogP contribution in [0, 0.1) is 11.3 Å². The molecule has 0 aliphatic carbocycles. The van der Waals surface area contributed by atoms with Crippen LogP contribution in [0.15, 0.2) is 24.3 Å². The Morgan fingerprint density at radius 3 is 2.44 bits per heavy atom. The van der Waals surface area contributed by atoms with E-state index >= 15 is 0 Å². The van der Waals surface area contributed by atoms with Gasteiger partial charge in [-0.05, 0) is 24.3 Å². The van der Waals surface area contributed by atoms with Gasteiger partial charge >= 0.3 is 12.0 Å². The van der Waals surface area contributed by atoms with Crippen molar-refractivity contribution in [2.24, 2.45) is 0 Å². The second-order valence-electron chi connectivity index (χ2n) is 3.38. The van der Waals surface area contributed by atoms with Crippen molar-refractivity contribution in [2.75, 3.05) is 11.9 Å². The number of carboxylic acid groups (broad SMARTS) is 1. The third-order valence-corrected chi connectivity index (χ3v) is 2.01. The standard InChI is InChI=1S/C11H11N3O4/c12-5-7-1-3-8(4-2-7)14-11(18)13-6-9(15)10(16)17/h1-4,9,15H,6H2,(H,16,17)(H2,13,14,18)/t9-/m0/s1. The van der Waals surface area contributed by atoms with E-state index in [1.165, 1.54) is 24.3 Å². The van der Waals surface area contributed by atoms with Crippen molar-refractivity contribution in [1.29, 1.82) is 5.26 Å². The molecule has 0 aliphatic heterocycles. The Kier molecular flexibility index (Phi) is 4.66. The molecule has 0 unspecified atom stereocenters. The van der Waals surface area contributed by atoms with Crippen LogP contribution in [-0.2, 0) is 4.79 Å². The first-order valence-electron chi connectivity index (χ1n) is 4.99. The number of nitrogens with one attached hydrogen (secondary N) is 2. The van der Waals surface area contributed by atoms with Crippen molar-refractivity contribution in [2.45, 2.75) is 6.10 Å². The number of aliphatic hydroxyl groups excluding tert-OH is 1. The molecular formula is C11H11N3O4. The minimum Gasteiger partial charge on any atom is -0.479 e. The Morgan fingerprint density at radius 2 is 1.94 bits per heavy atom. The third kappa shape index (κ3) is 4.11. The topological polar surface area (TPSA) is 122 Å². The molecule has 0 aromatic heterocycles. The molecule has 1 atom stereocenters. The van der Waals surface area contributed by atoms with Gasteiger partial charge in [-0.25, -0.2) is 9.59 Å². The molecule has 1 aromatic carbocycles. The molecule has 4 N–H and O–H groups in total. The summed E-state index contributed by atoms with van der Waals surface area (Å²) in [6, 6.07) is 7.42. The number of anilines is 1. The average Bonchev–Trinajstić information content (AvgIpc) is 2.36. The Labute approximate surface area is 103 Å². The summed E-state index contributed by atoms with van der Waals surface area (Å²) in [7, 11) is 0. The van der Waals surface area contributed by atoms with Gasteiger partial charge in [-0.15, -0.1) is 0 Å². The molecule has 0 fully saturated rings. The number of hydrogen-bond donors (Lipinski definition) is 4. The summed E-state index contributed by atoms with van der Waals surface area (Å²) in [5.74, 6) is -1.41. The highest BCUT2D eigenvalue weighted by molar-refractivity contribution is 5.89. The molecule has 2 amide bonds. The van der Waals surface area contributed by atoms with Gasteiger partial charge < -0.3 is 20.8 Å².